The number of amides is 2. The minimum absolute atomic E-state index is 0.0171. The molecule has 0 aliphatic heterocycles. The molecule has 1 rings (SSSR count). The zero-order valence-corrected chi connectivity index (χ0v) is 10.3. The molecule has 0 aliphatic rings. The van der Waals surface area contributed by atoms with Crippen LogP contribution in [0.5, 0.6) is 0 Å². The third kappa shape index (κ3) is 4.81. The van der Waals surface area contributed by atoms with Gasteiger partial charge in [-0.15, -0.1) is 0 Å². The summed E-state index contributed by atoms with van der Waals surface area (Å²) in [5, 5.41) is 12.8. The van der Waals surface area contributed by atoms with Crippen LogP contribution in [0, 0.1) is 5.82 Å². The van der Waals surface area contributed by atoms with Crippen molar-refractivity contribution in [3.63, 3.8) is 0 Å². The van der Waals surface area contributed by atoms with E-state index in [1.807, 2.05) is 0 Å². The lowest BCUT2D eigenvalue weighted by atomic mass is 10.2. The number of carbonyl (C=O) groups is 2. The van der Waals surface area contributed by atoms with Crippen molar-refractivity contribution < 1.29 is 19.1 Å². The van der Waals surface area contributed by atoms with Gasteiger partial charge in [0, 0.05) is 16.6 Å². The third-order valence-electron chi connectivity index (χ3n) is 1.85. The van der Waals surface area contributed by atoms with Crippen molar-refractivity contribution in [1.29, 1.82) is 0 Å². The molecule has 0 radical (unpaired) electrons. The molecule has 0 heterocycles. The Hall–Kier alpha value is -1.63. The summed E-state index contributed by atoms with van der Waals surface area (Å²) in [5.41, 5.74) is 0.310. The second kappa shape index (κ2) is 6.19. The summed E-state index contributed by atoms with van der Waals surface area (Å²) >= 11 is 3.18. The molecule has 2 amide bonds. The highest BCUT2D eigenvalue weighted by molar-refractivity contribution is 9.10. The molecule has 0 aromatic heterocycles. The van der Waals surface area contributed by atoms with E-state index in [0.717, 1.165) is 0 Å². The first-order chi connectivity index (χ1) is 7.99. The summed E-state index contributed by atoms with van der Waals surface area (Å²) in [5.74, 6) is -1.58. The molecule has 7 heteroatoms. The minimum Gasteiger partial charge on any atom is -0.480 e. The van der Waals surface area contributed by atoms with E-state index in [0.29, 0.717) is 10.0 Å². The molecule has 0 saturated heterocycles. The number of hydrogen-bond donors (Lipinski definition) is 3. The SMILES string of the molecule is O=C(O)CNC(=O)NCc1cc(Br)ccc1F. The minimum atomic E-state index is -1.14. The van der Waals surface area contributed by atoms with Gasteiger partial charge in [-0.1, -0.05) is 15.9 Å². The fourth-order valence-corrected chi connectivity index (χ4v) is 1.48. The van der Waals surface area contributed by atoms with Crippen molar-refractivity contribution in [3.05, 3.63) is 34.1 Å². The maximum atomic E-state index is 13.2. The van der Waals surface area contributed by atoms with E-state index in [9.17, 15) is 14.0 Å². The third-order valence-corrected chi connectivity index (χ3v) is 2.34. The Morgan fingerprint density at radius 2 is 2.06 bits per heavy atom. The first-order valence-corrected chi connectivity index (χ1v) is 5.46. The molecule has 0 bridgehead atoms. The van der Waals surface area contributed by atoms with E-state index in [1.54, 1.807) is 6.07 Å². The summed E-state index contributed by atoms with van der Waals surface area (Å²) < 4.78 is 13.9. The summed E-state index contributed by atoms with van der Waals surface area (Å²) in [6.07, 6.45) is 0. The molecule has 0 fully saturated rings. The fourth-order valence-electron chi connectivity index (χ4n) is 1.07. The van der Waals surface area contributed by atoms with Gasteiger partial charge in [0.2, 0.25) is 0 Å². The second-order valence-electron chi connectivity index (χ2n) is 3.17. The number of nitrogens with one attached hydrogen (secondary N) is 2. The molecule has 3 N–H and O–H groups in total. The first-order valence-electron chi connectivity index (χ1n) is 4.66. The van der Waals surface area contributed by atoms with Crippen molar-refractivity contribution in [3.8, 4) is 0 Å². The van der Waals surface area contributed by atoms with Gasteiger partial charge in [-0.2, -0.15) is 0 Å². The standard InChI is InChI=1S/C10H10BrFN2O3/c11-7-1-2-8(12)6(3-7)4-13-10(17)14-5-9(15)16/h1-3H,4-5H2,(H,15,16)(H2,13,14,17). The van der Waals surface area contributed by atoms with Crippen LogP contribution in [0.1, 0.15) is 5.56 Å². The molecule has 0 saturated carbocycles. The highest BCUT2D eigenvalue weighted by Gasteiger charge is 2.06. The van der Waals surface area contributed by atoms with Gasteiger partial charge < -0.3 is 15.7 Å². The maximum Gasteiger partial charge on any atom is 0.323 e. The van der Waals surface area contributed by atoms with Gasteiger partial charge in [0.1, 0.15) is 12.4 Å². The van der Waals surface area contributed by atoms with Gasteiger partial charge >= 0.3 is 12.0 Å². The number of benzene rings is 1. The number of urea groups is 1. The maximum absolute atomic E-state index is 13.2. The number of rotatable bonds is 4. The molecule has 92 valence electrons. The van der Waals surface area contributed by atoms with Crippen molar-refractivity contribution in [1.82, 2.24) is 10.6 Å². The Labute approximate surface area is 105 Å². The molecule has 5 nitrogen and oxygen atoms in total. The lowest BCUT2D eigenvalue weighted by molar-refractivity contribution is -0.135. The van der Waals surface area contributed by atoms with Gasteiger partial charge in [-0.3, -0.25) is 4.79 Å². The number of carbonyl (C=O) groups excluding carboxylic acids is 1. The molecule has 1 aromatic carbocycles. The van der Waals surface area contributed by atoms with Gasteiger partial charge in [-0.25, -0.2) is 9.18 Å². The monoisotopic (exact) mass is 304 g/mol. The lowest BCUT2D eigenvalue weighted by Gasteiger charge is -2.07. The van der Waals surface area contributed by atoms with E-state index in [1.165, 1.54) is 12.1 Å². The Kier molecular flexibility index (Phi) is 4.89. The van der Waals surface area contributed by atoms with E-state index < -0.39 is 24.4 Å². The van der Waals surface area contributed by atoms with Crippen LogP contribution in [0.4, 0.5) is 9.18 Å². The van der Waals surface area contributed by atoms with Crippen molar-refractivity contribution in [2.45, 2.75) is 6.54 Å². The topological polar surface area (TPSA) is 78.4 Å². The van der Waals surface area contributed by atoms with Crippen LogP contribution in [-0.4, -0.2) is 23.7 Å². The molecule has 0 unspecified atom stereocenters. The second-order valence-corrected chi connectivity index (χ2v) is 4.08. The van der Waals surface area contributed by atoms with Gasteiger partial charge in [0.15, 0.2) is 0 Å². The van der Waals surface area contributed by atoms with Crippen LogP contribution in [0.3, 0.4) is 0 Å². The van der Waals surface area contributed by atoms with Gasteiger partial charge in [-0.05, 0) is 18.2 Å². The molecule has 0 aliphatic carbocycles. The number of hydrogen-bond acceptors (Lipinski definition) is 2. The van der Waals surface area contributed by atoms with Gasteiger partial charge in [0.25, 0.3) is 0 Å². The highest BCUT2D eigenvalue weighted by Crippen LogP contribution is 2.15. The molecule has 17 heavy (non-hydrogen) atoms. The van der Waals surface area contributed by atoms with Gasteiger partial charge in [0.05, 0.1) is 0 Å². The van der Waals surface area contributed by atoms with E-state index in [4.69, 9.17) is 5.11 Å². The molecular formula is C10H10BrFN2O3. The Bertz CT molecular complexity index is 440. The van der Waals surface area contributed by atoms with E-state index >= 15 is 0 Å². The Balaban J connectivity index is 2.47. The van der Waals surface area contributed by atoms with Crippen molar-refractivity contribution in [2.75, 3.05) is 6.54 Å². The summed E-state index contributed by atoms with van der Waals surface area (Å²) in [7, 11) is 0. The smallest absolute Gasteiger partial charge is 0.323 e. The first kappa shape index (κ1) is 13.4. The zero-order valence-electron chi connectivity index (χ0n) is 8.67. The zero-order chi connectivity index (χ0) is 12.8. The summed E-state index contributed by atoms with van der Waals surface area (Å²) in [4.78, 5) is 21.3. The van der Waals surface area contributed by atoms with Crippen LogP contribution in [0.15, 0.2) is 22.7 Å². The highest BCUT2D eigenvalue weighted by atomic mass is 79.9. The number of carboxylic acid groups (broad SMARTS) is 1. The number of aliphatic carboxylic acids is 1. The van der Waals surface area contributed by atoms with Crippen molar-refractivity contribution >= 4 is 27.9 Å². The summed E-state index contributed by atoms with van der Waals surface area (Å²) in [6.45, 7) is -0.497. The fraction of sp³-hybridized carbons (Fsp3) is 0.200. The normalized spacial score (nSPS) is 9.76. The quantitative estimate of drug-likeness (QED) is 0.788. The van der Waals surface area contributed by atoms with Crippen LogP contribution in [-0.2, 0) is 11.3 Å². The predicted molar refractivity (Wildman–Crippen MR) is 62.0 cm³/mol. The van der Waals surface area contributed by atoms with E-state index in [-0.39, 0.29) is 6.54 Å². The van der Waals surface area contributed by atoms with E-state index in [2.05, 4.69) is 26.6 Å². The average molecular weight is 305 g/mol. The molecule has 0 atom stereocenters. The predicted octanol–water partition coefficient (Wildman–Crippen LogP) is 1.47. The molecular weight excluding hydrogens is 295 g/mol. The average Bonchev–Trinajstić information content (AvgIpc) is 2.27. The Morgan fingerprint density at radius 1 is 1.35 bits per heavy atom. The molecule has 1 aromatic rings. The largest absolute Gasteiger partial charge is 0.480 e. The van der Waals surface area contributed by atoms with Crippen molar-refractivity contribution in [2.24, 2.45) is 0 Å². The van der Waals surface area contributed by atoms with Crippen LogP contribution in [0.25, 0.3) is 0 Å². The Morgan fingerprint density at radius 3 is 2.71 bits per heavy atom. The lowest BCUT2D eigenvalue weighted by Crippen LogP contribution is -2.38. The van der Waals surface area contributed by atoms with Crippen LogP contribution in [0.2, 0.25) is 0 Å². The number of carboxylic acids is 1. The number of halogens is 2. The molecule has 0 spiro atoms. The summed E-state index contributed by atoms with van der Waals surface area (Å²) in [6, 6.07) is 3.69. The van der Waals surface area contributed by atoms with Crippen LogP contribution >= 0.6 is 15.9 Å². The van der Waals surface area contributed by atoms with Crippen LogP contribution < -0.4 is 10.6 Å².